The second-order valence-electron chi connectivity index (χ2n) is 3.97. The fraction of sp³-hybridized carbons (Fsp3) is 0. The molecule has 2 aromatic rings. The van der Waals surface area contributed by atoms with E-state index in [1.54, 1.807) is 30.3 Å². The molecule has 4 nitrogen and oxygen atoms in total. The number of halogens is 1. The van der Waals surface area contributed by atoms with Gasteiger partial charge in [-0.3, -0.25) is 4.79 Å². The van der Waals surface area contributed by atoms with E-state index in [1.807, 2.05) is 0 Å². The van der Waals surface area contributed by atoms with Crippen molar-refractivity contribution in [3.8, 4) is 5.75 Å². The Bertz CT molecular complexity index is 680. The Kier molecular flexibility index (Phi) is 4.46. The molecule has 0 aromatic heterocycles. The smallest absolute Gasteiger partial charge is 0.403 e. The van der Waals surface area contributed by atoms with E-state index in [-0.39, 0.29) is 11.3 Å². The molecule has 0 atom stereocenters. The van der Waals surface area contributed by atoms with E-state index >= 15 is 0 Å². The van der Waals surface area contributed by atoms with Gasteiger partial charge in [-0.2, -0.15) is 0 Å². The van der Waals surface area contributed by atoms with E-state index in [0.717, 1.165) is 18.4 Å². The van der Waals surface area contributed by atoms with Crippen molar-refractivity contribution < 1.29 is 23.5 Å². The van der Waals surface area contributed by atoms with Crippen LogP contribution in [0.25, 0.3) is 0 Å². The zero-order valence-electron chi connectivity index (χ0n) is 10.9. The highest BCUT2D eigenvalue weighted by molar-refractivity contribution is 6.10. The van der Waals surface area contributed by atoms with E-state index in [2.05, 4.69) is 11.3 Å². The van der Waals surface area contributed by atoms with Crippen molar-refractivity contribution in [2.75, 3.05) is 0 Å². The topological polar surface area (TPSA) is 52.6 Å². The second-order valence-corrected chi connectivity index (χ2v) is 3.97. The minimum atomic E-state index is -1.10. The lowest BCUT2D eigenvalue weighted by molar-refractivity contribution is 0.103. The Morgan fingerprint density at radius 1 is 1.10 bits per heavy atom. The molecule has 0 aliphatic carbocycles. The van der Waals surface area contributed by atoms with Gasteiger partial charge in [0.15, 0.2) is 5.78 Å². The standard InChI is InChI=1S/C16H11FO4/c1-2-20-16(19)21-14-10-12(17)8-9-13(14)15(18)11-6-4-3-5-7-11/h2-10H,1H2. The fourth-order valence-corrected chi connectivity index (χ4v) is 1.70. The third-order valence-corrected chi connectivity index (χ3v) is 2.60. The van der Waals surface area contributed by atoms with Gasteiger partial charge >= 0.3 is 6.16 Å². The normalized spacial score (nSPS) is 9.76. The van der Waals surface area contributed by atoms with Gasteiger partial charge in [-0.1, -0.05) is 36.9 Å². The van der Waals surface area contributed by atoms with Crippen molar-refractivity contribution in [3.63, 3.8) is 0 Å². The van der Waals surface area contributed by atoms with Gasteiger partial charge in [0.2, 0.25) is 0 Å². The third kappa shape index (κ3) is 3.54. The van der Waals surface area contributed by atoms with Crippen LogP contribution in [-0.4, -0.2) is 11.9 Å². The Morgan fingerprint density at radius 3 is 2.48 bits per heavy atom. The van der Waals surface area contributed by atoms with Crippen LogP contribution in [0.15, 0.2) is 61.4 Å². The summed E-state index contributed by atoms with van der Waals surface area (Å²) in [6, 6.07) is 11.7. The quantitative estimate of drug-likeness (QED) is 0.372. The summed E-state index contributed by atoms with van der Waals surface area (Å²) in [7, 11) is 0. The third-order valence-electron chi connectivity index (χ3n) is 2.60. The van der Waals surface area contributed by atoms with Gasteiger partial charge in [-0.25, -0.2) is 9.18 Å². The number of hydrogen-bond donors (Lipinski definition) is 0. The monoisotopic (exact) mass is 286 g/mol. The fourth-order valence-electron chi connectivity index (χ4n) is 1.70. The van der Waals surface area contributed by atoms with Gasteiger partial charge in [0.05, 0.1) is 11.8 Å². The Labute approximate surface area is 120 Å². The molecular formula is C16H11FO4. The molecule has 0 fully saturated rings. The van der Waals surface area contributed by atoms with Crippen molar-refractivity contribution in [1.29, 1.82) is 0 Å². The number of rotatable bonds is 4. The molecule has 2 rings (SSSR count). The minimum Gasteiger partial charge on any atom is -0.403 e. The van der Waals surface area contributed by atoms with Crippen LogP contribution in [0, 0.1) is 5.82 Å². The zero-order valence-corrected chi connectivity index (χ0v) is 10.9. The highest BCUT2D eigenvalue weighted by Gasteiger charge is 2.18. The summed E-state index contributed by atoms with van der Waals surface area (Å²) in [5.41, 5.74) is 0.453. The molecule has 0 saturated heterocycles. The van der Waals surface area contributed by atoms with E-state index in [0.29, 0.717) is 5.56 Å². The van der Waals surface area contributed by atoms with Gasteiger partial charge in [-0.05, 0) is 12.1 Å². The molecule has 0 unspecified atom stereocenters. The van der Waals surface area contributed by atoms with Crippen molar-refractivity contribution in [1.82, 2.24) is 0 Å². The van der Waals surface area contributed by atoms with Crippen molar-refractivity contribution in [2.24, 2.45) is 0 Å². The molecule has 5 heteroatoms. The molecule has 21 heavy (non-hydrogen) atoms. The number of ether oxygens (including phenoxy) is 2. The first-order valence-electron chi connectivity index (χ1n) is 6.00. The van der Waals surface area contributed by atoms with Crippen molar-refractivity contribution in [2.45, 2.75) is 0 Å². The van der Waals surface area contributed by atoms with Crippen LogP contribution >= 0.6 is 0 Å². The van der Waals surface area contributed by atoms with Gasteiger partial charge < -0.3 is 9.47 Å². The van der Waals surface area contributed by atoms with Gasteiger partial charge in [0, 0.05) is 11.6 Å². The van der Waals surface area contributed by atoms with E-state index in [1.165, 1.54) is 6.07 Å². The number of carbonyl (C=O) groups excluding carboxylic acids is 2. The molecule has 0 bridgehead atoms. The number of ketones is 1. The molecule has 2 aromatic carbocycles. The summed E-state index contributed by atoms with van der Waals surface area (Å²) in [4.78, 5) is 23.6. The molecule has 106 valence electrons. The predicted molar refractivity (Wildman–Crippen MR) is 73.6 cm³/mol. The van der Waals surface area contributed by atoms with E-state index in [9.17, 15) is 14.0 Å². The molecule has 0 heterocycles. The van der Waals surface area contributed by atoms with Gasteiger partial charge in [0.25, 0.3) is 0 Å². The molecule has 0 amide bonds. The summed E-state index contributed by atoms with van der Waals surface area (Å²) in [6.45, 7) is 3.20. The highest BCUT2D eigenvalue weighted by Crippen LogP contribution is 2.23. The summed E-state index contributed by atoms with van der Waals surface area (Å²) >= 11 is 0. The summed E-state index contributed by atoms with van der Waals surface area (Å²) in [6.07, 6.45) is -0.224. The lowest BCUT2D eigenvalue weighted by Crippen LogP contribution is -2.11. The van der Waals surface area contributed by atoms with Crippen LogP contribution in [0.1, 0.15) is 15.9 Å². The second kappa shape index (κ2) is 6.47. The lowest BCUT2D eigenvalue weighted by Gasteiger charge is -2.08. The molecule has 0 spiro atoms. The van der Waals surface area contributed by atoms with E-state index < -0.39 is 17.8 Å². The SMILES string of the molecule is C=COC(=O)Oc1cc(F)ccc1C(=O)c1ccccc1. The van der Waals surface area contributed by atoms with Crippen LogP contribution < -0.4 is 4.74 Å². The summed E-state index contributed by atoms with van der Waals surface area (Å²) < 4.78 is 22.5. The molecule has 0 saturated carbocycles. The largest absolute Gasteiger partial charge is 0.518 e. The molecule has 0 aliphatic heterocycles. The maximum atomic E-state index is 13.3. The molecule has 0 radical (unpaired) electrons. The first kappa shape index (κ1) is 14.5. The van der Waals surface area contributed by atoms with Crippen LogP contribution in [0.2, 0.25) is 0 Å². The van der Waals surface area contributed by atoms with Crippen molar-refractivity contribution >= 4 is 11.9 Å². The maximum Gasteiger partial charge on any atom is 0.518 e. The zero-order chi connectivity index (χ0) is 15.2. The lowest BCUT2D eigenvalue weighted by atomic mass is 10.0. The Balaban J connectivity index is 2.37. The average Bonchev–Trinajstić information content (AvgIpc) is 2.48. The Morgan fingerprint density at radius 2 is 1.81 bits per heavy atom. The van der Waals surface area contributed by atoms with Crippen LogP contribution in [0.4, 0.5) is 9.18 Å². The number of benzene rings is 2. The van der Waals surface area contributed by atoms with Crippen LogP contribution in [0.5, 0.6) is 5.75 Å². The molecule has 0 N–H and O–H groups in total. The maximum absolute atomic E-state index is 13.3. The number of carbonyl (C=O) groups is 2. The molecular weight excluding hydrogens is 275 g/mol. The summed E-state index contributed by atoms with van der Waals surface area (Å²) in [5, 5.41) is 0. The first-order valence-corrected chi connectivity index (χ1v) is 6.00. The van der Waals surface area contributed by atoms with Gasteiger partial charge in [-0.15, -0.1) is 0 Å². The van der Waals surface area contributed by atoms with Crippen LogP contribution in [-0.2, 0) is 4.74 Å². The summed E-state index contributed by atoms with van der Waals surface area (Å²) in [5.74, 6) is -1.24. The van der Waals surface area contributed by atoms with Crippen LogP contribution in [0.3, 0.4) is 0 Å². The van der Waals surface area contributed by atoms with Gasteiger partial charge in [0.1, 0.15) is 11.6 Å². The number of hydrogen-bond acceptors (Lipinski definition) is 4. The average molecular weight is 286 g/mol. The predicted octanol–water partition coefficient (Wildman–Crippen LogP) is 3.72. The van der Waals surface area contributed by atoms with E-state index in [4.69, 9.17) is 4.74 Å². The van der Waals surface area contributed by atoms with Crippen molar-refractivity contribution in [3.05, 3.63) is 78.3 Å². The minimum absolute atomic E-state index is 0.0589. The Hall–Kier alpha value is -2.95. The molecule has 0 aliphatic rings. The highest BCUT2D eigenvalue weighted by atomic mass is 19.1. The first-order chi connectivity index (χ1) is 10.1.